The van der Waals surface area contributed by atoms with E-state index in [1.54, 1.807) is 13.1 Å². The zero-order chi connectivity index (χ0) is 15.2. The van der Waals surface area contributed by atoms with E-state index in [0.717, 1.165) is 6.42 Å². The van der Waals surface area contributed by atoms with E-state index in [2.05, 4.69) is 36.2 Å². The molecule has 0 aliphatic carbocycles. The van der Waals surface area contributed by atoms with Gasteiger partial charge in [-0.05, 0) is 24.6 Å². The van der Waals surface area contributed by atoms with Gasteiger partial charge in [-0.15, -0.1) is 4.98 Å². The molecule has 0 unspecified atom stereocenters. The lowest BCUT2D eigenvalue weighted by molar-refractivity contribution is 0.284. The molecule has 1 aromatic carbocycles. The highest BCUT2D eigenvalue weighted by atomic mass is 79.9. The van der Waals surface area contributed by atoms with Gasteiger partial charge in [0, 0.05) is 11.5 Å². The Labute approximate surface area is 129 Å². The van der Waals surface area contributed by atoms with E-state index in [1.165, 1.54) is 12.1 Å². The molecule has 0 amide bonds. The van der Waals surface area contributed by atoms with Crippen molar-refractivity contribution in [1.29, 1.82) is 0 Å². The first-order chi connectivity index (χ1) is 10.1. The average Bonchev–Trinajstić information content (AvgIpc) is 2.48. The molecule has 0 saturated heterocycles. The van der Waals surface area contributed by atoms with Crippen LogP contribution >= 0.6 is 15.9 Å². The molecular weight excluding hydrogens is 343 g/mol. The van der Waals surface area contributed by atoms with Gasteiger partial charge in [0.1, 0.15) is 0 Å². The van der Waals surface area contributed by atoms with Crippen LogP contribution in [0.15, 0.2) is 22.7 Å². The van der Waals surface area contributed by atoms with Gasteiger partial charge in [0.15, 0.2) is 11.6 Å². The summed E-state index contributed by atoms with van der Waals surface area (Å²) >= 11 is 3.18. The minimum Gasteiger partial charge on any atom is -0.463 e. The maximum absolute atomic E-state index is 13.7. The largest absolute Gasteiger partial charge is 0.463 e. The molecule has 2 aromatic rings. The van der Waals surface area contributed by atoms with Crippen molar-refractivity contribution in [2.45, 2.75) is 13.3 Å². The molecule has 2 rings (SSSR count). The maximum Gasteiger partial charge on any atom is 0.330 e. The van der Waals surface area contributed by atoms with Crippen molar-refractivity contribution >= 4 is 21.9 Å². The highest BCUT2D eigenvalue weighted by Gasteiger charge is 2.11. The van der Waals surface area contributed by atoms with Crippen LogP contribution in [0, 0.1) is 5.82 Å². The second kappa shape index (κ2) is 7.16. The summed E-state index contributed by atoms with van der Waals surface area (Å²) in [6.45, 7) is 2.44. The Kier molecular flexibility index (Phi) is 5.26. The molecule has 0 spiro atoms. The molecule has 0 aliphatic heterocycles. The Hall–Kier alpha value is -1.96. The van der Waals surface area contributed by atoms with Crippen LogP contribution in [0.1, 0.15) is 13.3 Å². The van der Waals surface area contributed by atoms with Gasteiger partial charge in [0.2, 0.25) is 5.95 Å². The molecule has 21 heavy (non-hydrogen) atoms. The fourth-order valence-corrected chi connectivity index (χ4v) is 1.74. The van der Waals surface area contributed by atoms with Gasteiger partial charge < -0.3 is 14.8 Å². The second-order valence-electron chi connectivity index (χ2n) is 4.00. The lowest BCUT2D eigenvalue weighted by Crippen LogP contribution is -2.06. The summed E-state index contributed by atoms with van der Waals surface area (Å²) in [4.78, 5) is 12.0. The standard InChI is InChI=1S/C13H14BrFN4O2/c1-3-6-20-12-17-11(16-2)18-13(19-12)21-10-5-4-8(14)7-9(10)15/h4-5,7H,3,6H2,1-2H3,(H,16,17,18,19). The molecule has 112 valence electrons. The lowest BCUT2D eigenvalue weighted by atomic mass is 10.3. The minimum absolute atomic E-state index is 0.0212. The van der Waals surface area contributed by atoms with Crippen molar-refractivity contribution in [2.75, 3.05) is 19.0 Å². The summed E-state index contributed by atoms with van der Waals surface area (Å²) in [7, 11) is 1.66. The number of ether oxygens (including phenoxy) is 2. The monoisotopic (exact) mass is 356 g/mol. The maximum atomic E-state index is 13.7. The van der Waals surface area contributed by atoms with Crippen LogP contribution in [0.5, 0.6) is 17.8 Å². The number of hydrogen-bond donors (Lipinski definition) is 1. The Morgan fingerprint density at radius 2 is 2.00 bits per heavy atom. The highest BCUT2D eigenvalue weighted by molar-refractivity contribution is 9.10. The number of aromatic nitrogens is 3. The number of anilines is 1. The van der Waals surface area contributed by atoms with Crippen molar-refractivity contribution in [3.8, 4) is 17.8 Å². The second-order valence-corrected chi connectivity index (χ2v) is 4.92. The van der Waals surface area contributed by atoms with Crippen molar-refractivity contribution in [3.05, 3.63) is 28.5 Å². The van der Waals surface area contributed by atoms with Crippen molar-refractivity contribution in [1.82, 2.24) is 15.0 Å². The molecule has 1 N–H and O–H groups in total. The third-order valence-electron chi connectivity index (χ3n) is 2.35. The van der Waals surface area contributed by atoms with Crippen LogP contribution in [-0.2, 0) is 0 Å². The fourth-order valence-electron chi connectivity index (χ4n) is 1.41. The van der Waals surface area contributed by atoms with E-state index in [9.17, 15) is 4.39 Å². The summed E-state index contributed by atoms with van der Waals surface area (Å²) < 4.78 is 25.1. The van der Waals surface area contributed by atoms with Crippen LogP contribution in [0.4, 0.5) is 10.3 Å². The molecule has 0 aliphatic rings. The third kappa shape index (κ3) is 4.25. The predicted molar refractivity (Wildman–Crippen MR) is 79.3 cm³/mol. The van der Waals surface area contributed by atoms with E-state index >= 15 is 0 Å². The first-order valence-electron chi connectivity index (χ1n) is 6.32. The smallest absolute Gasteiger partial charge is 0.330 e. The topological polar surface area (TPSA) is 69.2 Å². The summed E-state index contributed by atoms with van der Waals surface area (Å²) in [5.74, 6) is -0.219. The number of hydrogen-bond acceptors (Lipinski definition) is 6. The number of benzene rings is 1. The van der Waals surface area contributed by atoms with Gasteiger partial charge >= 0.3 is 12.0 Å². The van der Waals surface area contributed by atoms with E-state index < -0.39 is 5.82 Å². The Bertz CT molecular complexity index is 627. The van der Waals surface area contributed by atoms with Crippen LogP contribution < -0.4 is 14.8 Å². The summed E-state index contributed by atoms with van der Waals surface area (Å²) in [5.41, 5.74) is 0. The molecule has 1 heterocycles. The SMILES string of the molecule is CCCOc1nc(NC)nc(Oc2ccc(Br)cc2F)n1. The van der Waals surface area contributed by atoms with E-state index in [0.29, 0.717) is 11.1 Å². The number of rotatable bonds is 6. The summed E-state index contributed by atoms with van der Waals surface area (Å²) in [5, 5.41) is 2.77. The third-order valence-corrected chi connectivity index (χ3v) is 2.84. The van der Waals surface area contributed by atoms with Crippen molar-refractivity contribution in [2.24, 2.45) is 0 Å². The van der Waals surface area contributed by atoms with Gasteiger partial charge in [-0.3, -0.25) is 0 Å². The summed E-state index contributed by atoms with van der Waals surface area (Å²) in [6, 6.07) is 4.52. The van der Waals surface area contributed by atoms with Gasteiger partial charge in [0.25, 0.3) is 0 Å². The fraction of sp³-hybridized carbons (Fsp3) is 0.308. The van der Waals surface area contributed by atoms with E-state index in [1.807, 2.05) is 6.92 Å². The number of halogens is 2. The zero-order valence-electron chi connectivity index (χ0n) is 11.6. The van der Waals surface area contributed by atoms with Crippen LogP contribution in [0.3, 0.4) is 0 Å². The first-order valence-corrected chi connectivity index (χ1v) is 7.11. The minimum atomic E-state index is -0.521. The predicted octanol–water partition coefficient (Wildman–Crippen LogP) is 3.40. The normalized spacial score (nSPS) is 10.3. The van der Waals surface area contributed by atoms with Gasteiger partial charge in [0.05, 0.1) is 6.61 Å². The Morgan fingerprint density at radius 3 is 2.67 bits per heavy atom. The van der Waals surface area contributed by atoms with E-state index in [4.69, 9.17) is 9.47 Å². The first kappa shape index (κ1) is 15.4. The lowest BCUT2D eigenvalue weighted by Gasteiger charge is -2.08. The zero-order valence-corrected chi connectivity index (χ0v) is 13.1. The molecule has 0 atom stereocenters. The van der Waals surface area contributed by atoms with Gasteiger partial charge in [-0.2, -0.15) is 9.97 Å². The number of nitrogens with one attached hydrogen (secondary N) is 1. The molecule has 1 aromatic heterocycles. The Morgan fingerprint density at radius 1 is 1.24 bits per heavy atom. The van der Waals surface area contributed by atoms with Crippen LogP contribution in [0.2, 0.25) is 0 Å². The molecule has 0 radical (unpaired) electrons. The summed E-state index contributed by atoms with van der Waals surface area (Å²) in [6.07, 6.45) is 0.818. The highest BCUT2D eigenvalue weighted by Crippen LogP contribution is 2.26. The van der Waals surface area contributed by atoms with Crippen molar-refractivity contribution in [3.63, 3.8) is 0 Å². The van der Waals surface area contributed by atoms with Crippen LogP contribution in [-0.4, -0.2) is 28.6 Å². The Balaban J connectivity index is 2.25. The quantitative estimate of drug-likeness (QED) is 0.855. The molecule has 0 saturated carbocycles. The molecule has 6 nitrogen and oxygen atoms in total. The van der Waals surface area contributed by atoms with E-state index in [-0.39, 0.29) is 23.7 Å². The average molecular weight is 357 g/mol. The van der Waals surface area contributed by atoms with Gasteiger partial charge in [-0.1, -0.05) is 22.9 Å². The van der Waals surface area contributed by atoms with Crippen LogP contribution in [0.25, 0.3) is 0 Å². The molecular formula is C13H14BrFN4O2. The molecule has 8 heteroatoms. The molecule has 0 bridgehead atoms. The van der Waals surface area contributed by atoms with Gasteiger partial charge in [-0.25, -0.2) is 4.39 Å². The van der Waals surface area contributed by atoms with Crippen molar-refractivity contribution < 1.29 is 13.9 Å². The molecule has 0 fully saturated rings. The number of nitrogens with zero attached hydrogens (tertiary/aromatic N) is 3.